The molecule has 1 aromatic rings. The molecule has 0 saturated heterocycles. The minimum absolute atomic E-state index is 0.463. The van der Waals surface area contributed by atoms with E-state index in [1.54, 1.807) is 0 Å². The third-order valence-corrected chi connectivity index (χ3v) is 5.01. The maximum absolute atomic E-state index is 3.84. The van der Waals surface area contributed by atoms with Gasteiger partial charge in [-0.1, -0.05) is 62.9 Å². The first-order valence-corrected chi connectivity index (χ1v) is 8.78. The fraction of sp³-hybridized carbons (Fsp3) is 0.700. The molecule has 0 spiro atoms. The molecule has 1 aromatic carbocycles. The Morgan fingerprint density at radius 3 is 2.10 bits per heavy atom. The first kappa shape index (κ1) is 16.5. The van der Waals surface area contributed by atoms with E-state index in [4.69, 9.17) is 0 Å². The highest BCUT2D eigenvalue weighted by atomic mass is 14.9. The van der Waals surface area contributed by atoms with Gasteiger partial charge in [0, 0.05) is 6.04 Å². The van der Waals surface area contributed by atoms with Gasteiger partial charge >= 0.3 is 0 Å². The molecule has 1 nitrogen and oxygen atoms in total. The molecule has 0 aliphatic heterocycles. The highest BCUT2D eigenvalue weighted by Gasteiger charge is 2.41. The Kier molecular flexibility index (Phi) is 5.48. The molecule has 118 valence electrons. The van der Waals surface area contributed by atoms with E-state index < -0.39 is 0 Å². The molecular weight excluding hydrogens is 254 g/mol. The van der Waals surface area contributed by atoms with Crippen LogP contribution in [0.3, 0.4) is 0 Å². The number of rotatable bonds is 6. The third-order valence-electron chi connectivity index (χ3n) is 5.01. The summed E-state index contributed by atoms with van der Waals surface area (Å²) in [6.07, 6.45) is 6.92. The maximum Gasteiger partial charge on any atom is 0.0377 e. The minimum Gasteiger partial charge on any atom is -0.310 e. The molecule has 2 rings (SSSR count). The summed E-state index contributed by atoms with van der Waals surface area (Å²) in [6.45, 7) is 12.5. The van der Waals surface area contributed by atoms with E-state index in [-0.39, 0.29) is 0 Å². The molecule has 0 aromatic heterocycles. The quantitative estimate of drug-likeness (QED) is 0.722. The van der Waals surface area contributed by atoms with Gasteiger partial charge in [-0.15, -0.1) is 0 Å². The Morgan fingerprint density at radius 2 is 1.62 bits per heavy atom. The Labute approximate surface area is 131 Å². The highest BCUT2D eigenvalue weighted by molar-refractivity contribution is 5.32. The maximum atomic E-state index is 3.84. The summed E-state index contributed by atoms with van der Waals surface area (Å²) in [5.41, 5.74) is 4.76. The Hall–Kier alpha value is -0.820. The van der Waals surface area contributed by atoms with Crippen molar-refractivity contribution in [2.45, 2.75) is 72.8 Å². The second-order valence-corrected chi connectivity index (χ2v) is 7.58. The zero-order valence-electron chi connectivity index (χ0n) is 14.6. The summed E-state index contributed by atoms with van der Waals surface area (Å²) in [5.74, 6) is 0.773. The molecule has 1 N–H and O–H groups in total. The lowest BCUT2D eigenvalue weighted by molar-refractivity contribution is 0.157. The SMILES string of the molecule is CCNC(c1cc(C)cc(C)c1)C1(CC(C)C)CCCC1. The van der Waals surface area contributed by atoms with Gasteiger partial charge in [0.15, 0.2) is 0 Å². The van der Waals surface area contributed by atoms with Crippen LogP contribution in [0.4, 0.5) is 0 Å². The van der Waals surface area contributed by atoms with Crippen LogP contribution in [0.1, 0.15) is 75.6 Å². The lowest BCUT2D eigenvalue weighted by atomic mass is 9.70. The van der Waals surface area contributed by atoms with Gasteiger partial charge in [0.1, 0.15) is 0 Å². The van der Waals surface area contributed by atoms with Crippen molar-refractivity contribution in [3.8, 4) is 0 Å². The van der Waals surface area contributed by atoms with Crippen LogP contribution in [0.25, 0.3) is 0 Å². The van der Waals surface area contributed by atoms with Crippen LogP contribution in [-0.2, 0) is 0 Å². The van der Waals surface area contributed by atoms with Crippen molar-refractivity contribution in [2.24, 2.45) is 11.3 Å². The topological polar surface area (TPSA) is 12.0 Å². The van der Waals surface area contributed by atoms with Crippen molar-refractivity contribution in [1.82, 2.24) is 5.32 Å². The average Bonchev–Trinajstić information content (AvgIpc) is 2.83. The van der Waals surface area contributed by atoms with Crippen molar-refractivity contribution in [1.29, 1.82) is 0 Å². The molecule has 1 aliphatic rings. The fourth-order valence-electron chi connectivity index (χ4n) is 4.57. The van der Waals surface area contributed by atoms with Crippen LogP contribution < -0.4 is 5.32 Å². The van der Waals surface area contributed by atoms with E-state index in [0.717, 1.165) is 12.5 Å². The van der Waals surface area contributed by atoms with Gasteiger partial charge in [-0.2, -0.15) is 0 Å². The van der Waals surface area contributed by atoms with Crippen LogP contribution in [0.2, 0.25) is 0 Å². The normalized spacial score (nSPS) is 19.1. The molecule has 0 radical (unpaired) electrons. The fourth-order valence-corrected chi connectivity index (χ4v) is 4.57. The molecule has 0 bridgehead atoms. The lowest BCUT2D eigenvalue weighted by Gasteiger charge is -2.40. The number of hydrogen-bond donors (Lipinski definition) is 1. The molecule has 1 unspecified atom stereocenters. The lowest BCUT2D eigenvalue weighted by Crippen LogP contribution is -2.37. The van der Waals surface area contributed by atoms with Crippen LogP contribution in [0.15, 0.2) is 18.2 Å². The standard InChI is InChI=1S/C20H33N/c1-6-21-19(18-12-16(4)11-17(5)13-18)20(14-15(2)3)9-7-8-10-20/h11-13,15,19,21H,6-10,14H2,1-5H3. The van der Waals surface area contributed by atoms with Gasteiger partial charge in [-0.3, -0.25) is 0 Å². The van der Waals surface area contributed by atoms with Gasteiger partial charge < -0.3 is 5.32 Å². The Morgan fingerprint density at radius 1 is 1.05 bits per heavy atom. The van der Waals surface area contributed by atoms with Crippen LogP contribution in [0, 0.1) is 25.2 Å². The molecule has 1 fully saturated rings. The molecule has 21 heavy (non-hydrogen) atoms. The summed E-state index contributed by atoms with van der Waals surface area (Å²) < 4.78 is 0. The zero-order chi connectivity index (χ0) is 15.5. The predicted molar refractivity (Wildman–Crippen MR) is 92.7 cm³/mol. The Bertz CT molecular complexity index is 435. The van der Waals surface area contributed by atoms with E-state index >= 15 is 0 Å². The number of aryl methyl sites for hydroxylation is 2. The third kappa shape index (κ3) is 3.88. The molecule has 1 saturated carbocycles. The van der Waals surface area contributed by atoms with Crippen LogP contribution >= 0.6 is 0 Å². The molecule has 1 atom stereocenters. The van der Waals surface area contributed by atoms with Gasteiger partial charge in [-0.25, -0.2) is 0 Å². The first-order chi connectivity index (χ1) is 9.97. The molecule has 1 heteroatoms. The average molecular weight is 287 g/mol. The zero-order valence-corrected chi connectivity index (χ0v) is 14.6. The summed E-state index contributed by atoms with van der Waals surface area (Å²) in [6, 6.07) is 7.61. The minimum atomic E-state index is 0.463. The molecular formula is C20H33N. The second-order valence-electron chi connectivity index (χ2n) is 7.58. The van der Waals surface area contributed by atoms with Gasteiger partial charge in [0.05, 0.1) is 0 Å². The molecule has 0 heterocycles. The molecule has 0 amide bonds. The highest BCUT2D eigenvalue weighted by Crippen LogP contribution is 2.51. The largest absolute Gasteiger partial charge is 0.310 e. The van der Waals surface area contributed by atoms with Crippen molar-refractivity contribution in [2.75, 3.05) is 6.54 Å². The molecule has 1 aliphatic carbocycles. The van der Waals surface area contributed by atoms with E-state index in [1.807, 2.05) is 0 Å². The van der Waals surface area contributed by atoms with Gasteiger partial charge in [-0.05, 0) is 56.6 Å². The number of nitrogens with one attached hydrogen (secondary N) is 1. The smallest absolute Gasteiger partial charge is 0.0377 e. The van der Waals surface area contributed by atoms with Crippen LogP contribution in [0.5, 0.6) is 0 Å². The summed E-state index contributed by atoms with van der Waals surface area (Å²) >= 11 is 0. The summed E-state index contributed by atoms with van der Waals surface area (Å²) in [5, 5.41) is 3.84. The second kappa shape index (κ2) is 6.96. The summed E-state index contributed by atoms with van der Waals surface area (Å²) in [7, 11) is 0. The van der Waals surface area contributed by atoms with Crippen molar-refractivity contribution in [3.05, 3.63) is 34.9 Å². The van der Waals surface area contributed by atoms with E-state index in [2.05, 4.69) is 58.1 Å². The summed E-state index contributed by atoms with van der Waals surface area (Å²) in [4.78, 5) is 0. The Balaban J connectivity index is 2.39. The monoisotopic (exact) mass is 287 g/mol. The van der Waals surface area contributed by atoms with E-state index in [0.29, 0.717) is 11.5 Å². The first-order valence-electron chi connectivity index (χ1n) is 8.78. The predicted octanol–water partition coefficient (Wildman–Crippen LogP) is 5.56. The number of hydrogen-bond acceptors (Lipinski definition) is 1. The van der Waals surface area contributed by atoms with Crippen LogP contribution in [-0.4, -0.2) is 6.54 Å². The van der Waals surface area contributed by atoms with E-state index in [9.17, 15) is 0 Å². The van der Waals surface area contributed by atoms with E-state index in [1.165, 1.54) is 48.8 Å². The van der Waals surface area contributed by atoms with Crippen molar-refractivity contribution >= 4 is 0 Å². The van der Waals surface area contributed by atoms with Crippen molar-refractivity contribution < 1.29 is 0 Å². The van der Waals surface area contributed by atoms with Gasteiger partial charge in [0.25, 0.3) is 0 Å². The van der Waals surface area contributed by atoms with Gasteiger partial charge in [0.2, 0.25) is 0 Å². The van der Waals surface area contributed by atoms with Crippen molar-refractivity contribution in [3.63, 3.8) is 0 Å². The number of benzene rings is 1.